The monoisotopic (exact) mass is 243 g/mol. The maximum absolute atomic E-state index is 10.6. The highest BCUT2D eigenvalue weighted by molar-refractivity contribution is 7.12. The molecule has 0 aliphatic carbocycles. The van der Waals surface area contributed by atoms with E-state index in [4.69, 9.17) is 5.26 Å². The Balaban J connectivity index is 2.41. The minimum absolute atomic E-state index is 0.604. The number of hydrogen-bond donors (Lipinski definition) is 1. The maximum Gasteiger partial charge on any atom is 0.121 e. The minimum Gasteiger partial charge on any atom is -0.380 e. The van der Waals surface area contributed by atoms with Gasteiger partial charge in [0.25, 0.3) is 0 Å². The molecule has 0 saturated heterocycles. The van der Waals surface area contributed by atoms with Crippen LogP contribution < -0.4 is 0 Å². The van der Waals surface area contributed by atoms with E-state index in [0.717, 1.165) is 10.4 Å². The number of hydrogen-bond acceptors (Lipinski definition) is 3. The SMILES string of the molecule is Cc1ccc(C(C)(O)c2ccc(C#N)cc2)s1. The van der Waals surface area contributed by atoms with Crippen molar-refractivity contribution in [2.24, 2.45) is 0 Å². The number of aryl methyl sites for hydroxylation is 1. The normalized spacial score (nSPS) is 14.0. The van der Waals surface area contributed by atoms with Crippen LogP contribution >= 0.6 is 11.3 Å². The topological polar surface area (TPSA) is 44.0 Å². The number of thiophene rings is 1. The second-order valence-corrected chi connectivity index (χ2v) is 5.46. The minimum atomic E-state index is -0.993. The van der Waals surface area contributed by atoms with Gasteiger partial charge in [0.2, 0.25) is 0 Å². The lowest BCUT2D eigenvalue weighted by Gasteiger charge is -2.22. The van der Waals surface area contributed by atoms with Crippen molar-refractivity contribution in [2.45, 2.75) is 19.4 Å². The summed E-state index contributed by atoms with van der Waals surface area (Å²) >= 11 is 1.58. The Morgan fingerprint density at radius 2 is 1.82 bits per heavy atom. The van der Waals surface area contributed by atoms with Crippen LogP contribution in [0.1, 0.15) is 27.8 Å². The zero-order chi connectivity index (χ0) is 12.5. The molecule has 0 amide bonds. The molecule has 0 fully saturated rings. The molecule has 1 atom stereocenters. The first-order valence-corrected chi connectivity index (χ1v) is 6.15. The summed E-state index contributed by atoms with van der Waals surface area (Å²) in [6, 6.07) is 13.1. The van der Waals surface area contributed by atoms with E-state index in [-0.39, 0.29) is 0 Å². The number of nitriles is 1. The fraction of sp³-hybridized carbons (Fsp3) is 0.214. The molecule has 2 aromatic rings. The third kappa shape index (κ3) is 2.23. The summed E-state index contributed by atoms with van der Waals surface area (Å²) in [7, 11) is 0. The van der Waals surface area contributed by atoms with Gasteiger partial charge in [0.05, 0.1) is 11.6 Å². The smallest absolute Gasteiger partial charge is 0.121 e. The average molecular weight is 243 g/mol. The van der Waals surface area contributed by atoms with Crippen LogP contribution in [0.4, 0.5) is 0 Å². The summed E-state index contributed by atoms with van der Waals surface area (Å²) in [5.74, 6) is 0. The molecule has 1 aromatic carbocycles. The second kappa shape index (κ2) is 4.33. The van der Waals surface area contributed by atoms with E-state index < -0.39 is 5.60 Å². The van der Waals surface area contributed by atoms with Crippen LogP contribution in [0.2, 0.25) is 0 Å². The average Bonchev–Trinajstić information content (AvgIpc) is 2.77. The van der Waals surface area contributed by atoms with E-state index in [1.54, 1.807) is 42.5 Å². The van der Waals surface area contributed by atoms with Crippen LogP contribution in [0, 0.1) is 18.3 Å². The summed E-state index contributed by atoms with van der Waals surface area (Å²) < 4.78 is 0. The lowest BCUT2D eigenvalue weighted by Crippen LogP contribution is -2.21. The molecule has 0 spiro atoms. The molecule has 2 nitrogen and oxygen atoms in total. The zero-order valence-corrected chi connectivity index (χ0v) is 10.6. The lowest BCUT2D eigenvalue weighted by molar-refractivity contribution is 0.106. The van der Waals surface area contributed by atoms with Gasteiger partial charge in [0, 0.05) is 9.75 Å². The number of benzene rings is 1. The van der Waals surface area contributed by atoms with Gasteiger partial charge in [0.15, 0.2) is 0 Å². The highest BCUT2D eigenvalue weighted by Gasteiger charge is 2.26. The van der Waals surface area contributed by atoms with Gasteiger partial charge in [-0.25, -0.2) is 0 Å². The fourth-order valence-corrected chi connectivity index (χ4v) is 2.64. The van der Waals surface area contributed by atoms with Crippen molar-refractivity contribution in [2.75, 3.05) is 0 Å². The van der Waals surface area contributed by atoms with Gasteiger partial charge < -0.3 is 5.11 Å². The molecule has 0 bridgehead atoms. The molecule has 0 aliphatic rings. The molecule has 1 aromatic heterocycles. The van der Waals surface area contributed by atoms with Gasteiger partial charge in [-0.1, -0.05) is 12.1 Å². The van der Waals surface area contributed by atoms with Crippen LogP contribution in [0.15, 0.2) is 36.4 Å². The predicted octanol–water partition coefficient (Wildman–Crippen LogP) is 3.18. The van der Waals surface area contributed by atoms with Crippen molar-refractivity contribution in [3.05, 3.63) is 57.3 Å². The first-order chi connectivity index (χ1) is 8.04. The first-order valence-electron chi connectivity index (χ1n) is 5.34. The molecule has 1 unspecified atom stereocenters. The van der Waals surface area contributed by atoms with Crippen molar-refractivity contribution in [1.82, 2.24) is 0 Å². The van der Waals surface area contributed by atoms with Gasteiger partial charge in [0.1, 0.15) is 5.60 Å². The fourth-order valence-electron chi connectivity index (χ4n) is 1.71. The lowest BCUT2D eigenvalue weighted by atomic mass is 9.94. The second-order valence-electron chi connectivity index (χ2n) is 4.17. The maximum atomic E-state index is 10.6. The van der Waals surface area contributed by atoms with E-state index in [9.17, 15) is 5.11 Å². The Hall–Kier alpha value is -1.63. The summed E-state index contributed by atoms with van der Waals surface area (Å²) in [6.07, 6.45) is 0. The Morgan fingerprint density at radius 1 is 1.18 bits per heavy atom. The van der Waals surface area contributed by atoms with Crippen LogP contribution in [-0.4, -0.2) is 5.11 Å². The van der Waals surface area contributed by atoms with Gasteiger partial charge >= 0.3 is 0 Å². The van der Waals surface area contributed by atoms with E-state index >= 15 is 0 Å². The number of nitrogens with zero attached hydrogens (tertiary/aromatic N) is 1. The molecule has 0 saturated carbocycles. The molecular weight excluding hydrogens is 230 g/mol. The first kappa shape index (κ1) is 11.8. The molecular formula is C14H13NOS. The Morgan fingerprint density at radius 3 is 2.29 bits per heavy atom. The van der Waals surface area contributed by atoms with Gasteiger partial charge in [-0.05, 0) is 43.7 Å². The molecule has 17 heavy (non-hydrogen) atoms. The Bertz CT molecular complexity index is 561. The van der Waals surface area contributed by atoms with Crippen molar-refractivity contribution >= 4 is 11.3 Å². The van der Waals surface area contributed by atoms with Crippen LogP contribution in [0.5, 0.6) is 0 Å². The predicted molar refractivity (Wildman–Crippen MR) is 68.9 cm³/mol. The molecule has 0 aliphatic heterocycles. The van der Waals surface area contributed by atoms with Gasteiger partial charge in [-0.2, -0.15) is 5.26 Å². The van der Waals surface area contributed by atoms with Crippen molar-refractivity contribution in [3.63, 3.8) is 0 Å². The van der Waals surface area contributed by atoms with Crippen molar-refractivity contribution in [1.29, 1.82) is 5.26 Å². The third-order valence-corrected chi connectivity index (χ3v) is 4.01. The number of aliphatic hydroxyl groups is 1. The molecule has 86 valence electrons. The quantitative estimate of drug-likeness (QED) is 0.880. The van der Waals surface area contributed by atoms with Crippen molar-refractivity contribution < 1.29 is 5.11 Å². The largest absolute Gasteiger partial charge is 0.380 e. The Kier molecular flexibility index (Phi) is 3.01. The van der Waals surface area contributed by atoms with Crippen molar-refractivity contribution in [3.8, 4) is 6.07 Å². The zero-order valence-electron chi connectivity index (χ0n) is 9.77. The molecule has 0 radical (unpaired) electrons. The van der Waals surface area contributed by atoms with E-state index in [0.29, 0.717) is 5.56 Å². The molecule has 2 rings (SSSR count). The Labute approximate surface area is 105 Å². The highest BCUT2D eigenvalue weighted by Crippen LogP contribution is 2.33. The van der Waals surface area contributed by atoms with Crippen LogP contribution in [0.25, 0.3) is 0 Å². The van der Waals surface area contributed by atoms with Crippen LogP contribution in [0.3, 0.4) is 0 Å². The summed E-state index contributed by atoms with van der Waals surface area (Å²) in [6.45, 7) is 3.79. The molecule has 1 heterocycles. The summed E-state index contributed by atoms with van der Waals surface area (Å²) in [4.78, 5) is 2.09. The van der Waals surface area contributed by atoms with E-state index in [2.05, 4.69) is 6.07 Å². The summed E-state index contributed by atoms with van der Waals surface area (Å²) in [5, 5.41) is 19.3. The third-order valence-electron chi connectivity index (χ3n) is 2.80. The van der Waals surface area contributed by atoms with Gasteiger partial charge in [-0.15, -0.1) is 11.3 Å². The van der Waals surface area contributed by atoms with Crippen LogP contribution in [-0.2, 0) is 5.60 Å². The molecule has 1 N–H and O–H groups in total. The number of rotatable bonds is 2. The summed E-state index contributed by atoms with van der Waals surface area (Å²) in [5.41, 5.74) is 0.415. The highest BCUT2D eigenvalue weighted by atomic mass is 32.1. The van der Waals surface area contributed by atoms with E-state index in [1.165, 1.54) is 4.88 Å². The van der Waals surface area contributed by atoms with Gasteiger partial charge in [-0.3, -0.25) is 0 Å². The standard InChI is InChI=1S/C14H13NOS/c1-10-3-8-13(17-10)14(2,16)12-6-4-11(9-15)5-7-12/h3-8,16H,1-2H3. The molecule has 3 heteroatoms. The van der Waals surface area contributed by atoms with E-state index in [1.807, 2.05) is 19.1 Å².